The van der Waals surface area contributed by atoms with Crippen LogP contribution in [0.1, 0.15) is 42.3 Å². The Labute approximate surface area is 161 Å². The first kappa shape index (κ1) is 18.7. The lowest BCUT2D eigenvalue weighted by atomic mass is 10.2. The van der Waals surface area contributed by atoms with Gasteiger partial charge in [0.15, 0.2) is 9.84 Å². The van der Waals surface area contributed by atoms with Gasteiger partial charge in [0.25, 0.3) is 0 Å². The fourth-order valence-electron chi connectivity index (χ4n) is 4.67. The summed E-state index contributed by atoms with van der Waals surface area (Å²) in [6.45, 7) is 7.36. The van der Waals surface area contributed by atoms with Gasteiger partial charge in [0, 0.05) is 29.9 Å². The summed E-state index contributed by atoms with van der Waals surface area (Å²) >= 11 is 0. The van der Waals surface area contributed by atoms with E-state index >= 15 is 0 Å². The van der Waals surface area contributed by atoms with Crippen LogP contribution in [-0.4, -0.2) is 67.5 Å². The first-order chi connectivity index (χ1) is 12.8. The minimum atomic E-state index is -2.84. The number of aryl methyl sites for hydroxylation is 1. The zero-order valence-corrected chi connectivity index (χ0v) is 17.1. The average molecular weight is 393 g/mol. The Bertz CT molecular complexity index is 859. The largest absolute Gasteiger partial charge is 0.346 e. The highest BCUT2D eigenvalue weighted by Crippen LogP contribution is 2.38. The zero-order chi connectivity index (χ0) is 19.2. The third-order valence-corrected chi connectivity index (χ3v) is 8.14. The van der Waals surface area contributed by atoms with Crippen LogP contribution < -0.4 is 4.90 Å². The number of quaternary nitrogens is 1. The molecule has 3 aliphatic rings. The second-order valence-corrected chi connectivity index (χ2v) is 10.6. The summed E-state index contributed by atoms with van der Waals surface area (Å²) in [5.74, 6) is 0.697. The number of carbonyl (C=O) groups is 1. The number of sulfone groups is 1. The molecule has 0 spiro atoms. The predicted octanol–water partition coefficient (Wildman–Crippen LogP) is 0.367. The molecule has 2 aliphatic heterocycles. The molecule has 1 aromatic heterocycles. The van der Waals surface area contributed by atoms with Gasteiger partial charge in [-0.1, -0.05) is 0 Å². The van der Waals surface area contributed by atoms with Crippen LogP contribution in [0.3, 0.4) is 0 Å². The summed E-state index contributed by atoms with van der Waals surface area (Å²) in [4.78, 5) is 15.8. The molecule has 1 saturated carbocycles. The number of piperazine rings is 1. The molecule has 1 N–H and O–H groups in total. The van der Waals surface area contributed by atoms with Gasteiger partial charge in [-0.05, 0) is 44.4 Å². The maximum atomic E-state index is 12.6. The molecule has 27 heavy (non-hydrogen) atoms. The van der Waals surface area contributed by atoms with E-state index in [-0.39, 0.29) is 11.9 Å². The van der Waals surface area contributed by atoms with E-state index in [9.17, 15) is 13.2 Å². The Morgan fingerprint density at radius 3 is 2.48 bits per heavy atom. The molecule has 1 amide bonds. The summed E-state index contributed by atoms with van der Waals surface area (Å²) in [6, 6.07) is 3.04. The number of hydrogen-bond donors (Lipinski definition) is 1. The van der Waals surface area contributed by atoms with Crippen LogP contribution in [0.25, 0.3) is 6.08 Å². The maximum Gasteiger partial charge on any atom is 0.246 e. The molecule has 0 bridgehead atoms. The molecule has 7 heteroatoms. The fourth-order valence-corrected chi connectivity index (χ4v) is 6.50. The van der Waals surface area contributed by atoms with Gasteiger partial charge in [0.05, 0.1) is 31.9 Å². The lowest BCUT2D eigenvalue weighted by molar-refractivity contribution is -0.925. The first-order valence-corrected chi connectivity index (χ1v) is 11.9. The average Bonchev–Trinajstić information content (AvgIpc) is 3.34. The van der Waals surface area contributed by atoms with Crippen LogP contribution in [0.15, 0.2) is 12.1 Å². The van der Waals surface area contributed by atoms with E-state index in [1.165, 1.54) is 29.1 Å². The summed E-state index contributed by atoms with van der Waals surface area (Å²) in [5.41, 5.74) is 3.65. The molecule has 1 atom stereocenters. The van der Waals surface area contributed by atoms with Gasteiger partial charge >= 0.3 is 0 Å². The molecule has 0 aromatic carbocycles. The first-order valence-electron chi connectivity index (χ1n) is 10.0. The van der Waals surface area contributed by atoms with Gasteiger partial charge in [0.1, 0.15) is 11.8 Å². The topological polar surface area (TPSA) is 63.8 Å². The van der Waals surface area contributed by atoms with Crippen LogP contribution >= 0.6 is 0 Å². The van der Waals surface area contributed by atoms with Crippen molar-refractivity contribution in [2.45, 2.75) is 45.2 Å². The molecule has 148 valence electrons. The van der Waals surface area contributed by atoms with E-state index < -0.39 is 9.84 Å². The summed E-state index contributed by atoms with van der Waals surface area (Å²) < 4.78 is 25.8. The number of rotatable bonds is 4. The van der Waals surface area contributed by atoms with Gasteiger partial charge < -0.3 is 14.4 Å². The molecular weight excluding hydrogens is 362 g/mol. The number of carbonyl (C=O) groups excluding carboxylic acids is 1. The van der Waals surface area contributed by atoms with Gasteiger partial charge in [-0.3, -0.25) is 4.79 Å². The Morgan fingerprint density at radius 1 is 1.19 bits per heavy atom. The highest BCUT2D eigenvalue weighted by Gasteiger charge is 2.37. The number of hydrogen-bond acceptors (Lipinski definition) is 3. The highest BCUT2D eigenvalue weighted by atomic mass is 32.2. The monoisotopic (exact) mass is 392 g/mol. The summed E-state index contributed by atoms with van der Waals surface area (Å²) in [5, 5.41) is 0. The number of nitrogens with one attached hydrogen (secondary N) is 1. The van der Waals surface area contributed by atoms with Crippen LogP contribution in [-0.2, 0) is 14.6 Å². The van der Waals surface area contributed by atoms with Crippen molar-refractivity contribution in [3.05, 3.63) is 29.1 Å². The summed E-state index contributed by atoms with van der Waals surface area (Å²) in [6.07, 6.45) is 6.93. The van der Waals surface area contributed by atoms with Crippen molar-refractivity contribution in [2.24, 2.45) is 0 Å². The minimum absolute atomic E-state index is 0.0596. The van der Waals surface area contributed by atoms with Crippen molar-refractivity contribution >= 4 is 21.8 Å². The molecule has 0 radical (unpaired) electrons. The Kier molecular flexibility index (Phi) is 4.93. The minimum Gasteiger partial charge on any atom is -0.346 e. The van der Waals surface area contributed by atoms with Crippen molar-refractivity contribution in [3.8, 4) is 0 Å². The van der Waals surface area contributed by atoms with Crippen molar-refractivity contribution in [1.29, 1.82) is 0 Å². The predicted molar refractivity (Wildman–Crippen MR) is 106 cm³/mol. The lowest BCUT2D eigenvalue weighted by Gasteiger charge is -2.34. The summed E-state index contributed by atoms with van der Waals surface area (Å²) in [7, 11) is -2.84. The van der Waals surface area contributed by atoms with Gasteiger partial charge in [-0.15, -0.1) is 0 Å². The molecule has 3 fully saturated rings. The molecule has 6 nitrogen and oxygen atoms in total. The Morgan fingerprint density at radius 2 is 1.89 bits per heavy atom. The van der Waals surface area contributed by atoms with Crippen molar-refractivity contribution in [1.82, 2.24) is 9.47 Å². The van der Waals surface area contributed by atoms with Crippen LogP contribution in [0, 0.1) is 13.8 Å². The second kappa shape index (κ2) is 7.09. The molecule has 1 aromatic rings. The third kappa shape index (κ3) is 3.99. The standard InChI is InChI=1S/C20H29N3O3S/c1-15-13-17(16(2)23(15)18-4-5-18)3-6-20(24)22-10-8-21(9-11-22)19-7-12-27(25,26)14-19/h3,6,13,18-19H,4-5,7-12,14H2,1-2H3/p+1/b6-3+/t19-/m0/s1. The van der Waals surface area contributed by atoms with Crippen molar-refractivity contribution in [2.75, 3.05) is 37.7 Å². The molecular formula is C20H30N3O3S+. The number of nitrogens with zero attached hydrogens (tertiary/aromatic N) is 2. The van der Waals surface area contributed by atoms with Crippen molar-refractivity contribution < 1.29 is 18.1 Å². The van der Waals surface area contributed by atoms with E-state index in [4.69, 9.17) is 0 Å². The quantitative estimate of drug-likeness (QED) is 0.753. The lowest BCUT2D eigenvalue weighted by Crippen LogP contribution is -3.18. The Balaban J connectivity index is 1.33. The van der Waals surface area contributed by atoms with E-state index in [0.717, 1.165) is 25.1 Å². The number of amides is 1. The normalized spacial score (nSPS) is 26.1. The van der Waals surface area contributed by atoms with Crippen LogP contribution in [0.4, 0.5) is 0 Å². The fraction of sp³-hybridized carbons (Fsp3) is 0.650. The molecule has 2 saturated heterocycles. The molecule has 0 unspecified atom stereocenters. The molecule has 1 aliphatic carbocycles. The van der Waals surface area contributed by atoms with E-state index in [1.807, 2.05) is 11.0 Å². The van der Waals surface area contributed by atoms with Crippen LogP contribution in [0.2, 0.25) is 0 Å². The van der Waals surface area contributed by atoms with E-state index in [1.54, 1.807) is 6.08 Å². The second-order valence-electron chi connectivity index (χ2n) is 8.34. The maximum absolute atomic E-state index is 12.6. The third-order valence-electron chi connectivity index (χ3n) is 6.37. The SMILES string of the molecule is Cc1cc(/C=C/C(=O)N2CC[NH+]([C@H]3CCS(=O)(=O)C3)CC2)c(C)n1C1CC1. The molecule has 4 rings (SSSR count). The van der Waals surface area contributed by atoms with Gasteiger partial charge in [-0.2, -0.15) is 0 Å². The Hall–Kier alpha value is -1.60. The van der Waals surface area contributed by atoms with Crippen LogP contribution in [0.5, 0.6) is 0 Å². The number of aromatic nitrogens is 1. The van der Waals surface area contributed by atoms with Gasteiger partial charge in [-0.25, -0.2) is 8.42 Å². The molecule has 3 heterocycles. The highest BCUT2D eigenvalue weighted by molar-refractivity contribution is 7.91. The van der Waals surface area contributed by atoms with E-state index in [0.29, 0.717) is 30.6 Å². The van der Waals surface area contributed by atoms with Gasteiger partial charge in [0.2, 0.25) is 5.91 Å². The van der Waals surface area contributed by atoms with E-state index in [2.05, 4.69) is 24.5 Å². The smallest absolute Gasteiger partial charge is 0.246 e. The zero-order valence-electron chi connectivity index (χ0n) is 16.3. The van der Waals surface area contributed by atoms with Crippen molar-refractivity contribution in [3.63, 3.8) is 0 Å².